The number of ether oxygens (including phenoxy) is 4. The summed E-state index contributed by atoms with van der Waals surface area (Å²) >= 11 is 0. The van der Waals surface area contributed by atoms with Crippen LogP contribution in [0.1, 0.15) is 125 Å². The van der Waals surface area contributed by atoms with Crippen LogP contribution in [0.5, 0.6) is 0 Å². The summed E-state index contributed by atoms with van der Waals surface area (Å²) in [5.74, 6) is 4.11. The van der Waals surface area contributed by atoms with Crippen molar-refractivity contribution in [1.82, 2.24) is 14.7 Å². The SMILES string of the molecule is CC(C)[C@@H](OC(=O)N1CCC1)C1CCC2C(CC3C4CCC5C(C)(C)[C@@H](OC6CN(CC7CN(C8CCC8)C7)CCO6)CCC56C[C@@]46CCC23C)O1. The Hall–Kier alpha value is -0.930. The predicted molar refractivity (Wildman–Crippen MR) is 201 cm³/mol. The third-order valence-electron chi connectivity index (χ3n) is 18.5. The minimum atomic E-state index is -0.148. The Morgan fingerprint density at radius 3 is 2.38 bits per heavy atom. The molecule has 4 aliphatic heterocycles. The van der Waals surface area contributed by atoms with Crippen molar-refractivity contribution in [3.63, 3.8) is 0 Å². The number of amides is 1. The van der Waals surface area contributed by atoms with Crippen LogP contribution in [0, 0.1) is 57.2 Å². The number of likely N-dealkylation sites (tertiary alicyclic amines) is 2. The molecule has 0 radical (unpaired) electrons. The lowest BCUT2D eigenvalue weighted by atomic mass is 9.46. The first-order chi connectivity index (χ1) is 25.0. The Labute approximate surface area is 314 Å². The highest BCUT2D eigenvalue weighted by Crippen LogP contribution is 2.87. The molecule has 0 bridgehead atoms. The quantitative estimate of drug-likeness (QED) is 0.256. The topological polar surface area (TPSA) is 63.7 Å². The lowest BCUT2D eigenvalue weighted by Crippen LogP contribution is -2.59. The fourth-order valence-electron chi connectivity index (χ4n) is 15.3. The normalized spacial score (nSPS) is 47.8. The largest absolute Gasteiger partial charge is 0.443 e. The maximum atomic E-state index is 12.9. The molecule has 6 saturated carbocycles. The standard InChI is InChI=1S/C44H71N3O5/c1-28(2)39(52-40(48)46-18-7-19-46)34-12-10-32-35(50-34)22-33-31-11-13-36-41(3,4)37(14-15-44(36)27-43(31,44)17-16-42(32,33)5)51-38-26-45(20-21-49-38)23-29-24-47(25-29)30-8-6-9-30/h28-39H,6-27H2,1-5H3/t31?,32?,33?,34?,35?,36?,37-,38?,39+,42?,43-,44?/m0/s1. The average molecular weight is 722 g/mol. The Bertz CT molecular complexity index is 1360. The van der Waals surface area contributed by atoms with E-state index >= 15 is 0 Å². The van der Waals surface area contributed by atoms with Crippen LogP contribution in [0.25, 0.3) is 0 Å². The molecule has 9 unspecified atom stereocenters. The van der Waals surface area contributed by atoms with Crippen LogP contribution < -0.4 is 0 Å². The van der Waals surface area contributed by atoms with E-state index in [1.54, 1.807) is 0 Å². The molecule has 0 aromatic heterocycles. The summed E-state index contributed by atoms with van der Waals surface area (Å²) in [6.07, 6.45) is 18.7. The second-order valence-corrected chi connectivity index (χ2v) is 21.4. The first-order valence-corrected chi connectivity index (χ1v) is 22.4. The van der Waals surface area contributed by atoms with Crippen molar-refractivity contribution in [1.29, 1.82) is 0 Å². The van der Waals surface area contributed by atoms with Gasteiger partial charge in [-0.3, -0.25) is 9.80 Å². The molecule has 10 aliphatic rings. The van der Waals surface area contributed by atoms with Crippen LogP contribution in [0.15, 0.2) is 0 Å². The van der Waals surface area contributed by atoms with Crippen molar-refractivity contribution in [2.75, 3.05) is 52.4 Å². The van der Waals surface area contributed by atoms with Gasteiger partial charge in [-0.15, -0.1) is 0 Å². The number of carbonyl (C=O) groups excluding carboxylic acids is 1. The monoisotopic (exact) mass is 722 g/mol. The molecule has 6 aliphatic carbocycles. The Morgan fingerprint density at radius 2 is 1.65 bits per heavy atom. The second-order valence-electron chi connectivity index (χ2n) is 21.4. The van der Waals surface area contributed by atoms with Crippen LogP contribution in [0.4, 0.5) is 4.79 Å². The van der Waals surface area contributed by atoms with Gasteiger partial charge in [-0.2, -0.15) is 0 Å². The minimum absolute atomic E-state index is 0.0315. The van der Waals surface area contributed by atoms with E-state index in [4.69, 9.17) is 18.9 Å². The lowest BCUT2D eigenvalue weighted by molar-refractivity contribution is -0.246. The number of carbonyl (C=O) groups is 1. The molecule has 1 amide bonds. The van der Waals surface area contributed by atoms with Crippen molar-refractivity contribution in [2.45, 2.75) is 161 Å². The summed E-state index contributed by atoms with van der Waals surface area (Å²) in [7, 11) is 0. The average Bonchev–Trinajstić information content (AvgIpc) is 3.62. The van der Waals surface area contributed by atoms with Gasteiger partial charge in [0, 0.05) is 51.9 Å². The van der Waals surface area contributed by atoms with Crippen LogP contribution >= 0.6 is 0 Å². The number of hydrogen-bond donors (Lipinski definition) is 0. The number of nitrogens with zero attached hydrogens (tertiary/aromatic N) is 3. The first-order valence-electron chi connectivity index (χ1n) is 22.4. The van der Waals surface area contributed by atoms with E-state index in [2.05, 4.69) is 44.4 Å². The molecule has 8 heteroatoms. The van der Waals surface area contributed by atoms with Gasteiger partial charge in [0.2, 0.25) is 0 Å². The van der Waals surface area contributed by atoms with Gasteiger partial charge in [0.15, 0.2) is 6.29 Å². The molecular formula is C44H71N3O5. The van der Waals surface area contributed by atoms with E-state index < -0.39 is 0 Å². The molecule has 2 spiro atoms. The van der Waals surface area contributed by atoms with Gasteiger partial charge in [0.25, 0.3) is 0 Å². The third kappa shape index (κ3) is 5.39. The summed E-state index contributed by atoms with van der Waals surface area (Å²) in [6, 6.07) is 0.897. The van der Waals surface area contributed by atoms with Crippen molar-refractivity contribution < 1.29 is 23.7 Å². The fraction of sp³-hybridized carbons (Fsp3) is 0.977. The fourth-order valence-corrected chi connectivity index (χ4v) is 15.3. The smallest absolute Gasteiger partial charge is 0.410 e. The van der Waals surface area contributed by atoms with Gasteiger partial charge >= 0.3 is 6.09 Å². The predicted octanol–water partition coefficient (Wildman–Crippen LogP) is 7.59. The van der Waals surface area contributed by atoms with Crippen LogP contribution in [-0.2, 0) is 18.9 Å². The van der Waals surface area contributed by atoms with Crippen molar-refractivity contribution in [3.8, 4) is 0 Å². The van der Waals surface area contributed by atoms with Crippen LogP contribution in [0.2, 0.25) is 0 Å². The molecule has 4 saturated heterocycles. The van der Waals surface area contributed by atoms with E-state index in [1.165, 1.54) is 96.7 Å². The zero-order chi connectivity index (χ0) is 35.6. The number of fused-ring (bicyclic) bond motifs is 4. The maximum absolute atomic E-state index is 12.9. The van der Waals surface area contributed by atoms with E-state index in [0.717, 1.165) is 75.3 Å². The molecule has 52 heavy (non-hydrogen) atoms. The van der Waals surface area contributed by atoms with E-state index in [0.29, 0.717) is 28.3 Å². The zero-order valence-corrected chi connectivity index (χ0v) is 33.4. The van der Waals surface area contributed by atoms with Crippen molar-refractivity contribution in [2.24, 2.45) is 57.2 Å². The highest BCUT2D eigenvalue weighted by Gasteiger charge is 2.80. The Kier molecular flexibility index (Phi) is 8.73. The molecule has 12 atom stereocenters. The van der Waals surface area contributed by atoms with Gasteiger partial charge in [0.05, 0.1) is 24.9 Å². The first kappa shape index (κ1) is 35.5. The Morgan fingerprint density at radius 1 is 0.846 bits per heavy atom. The van der Waals surface area contributed by atoms with E-state index in [-0.39, 0.29) is 42.0 Å². The van der Waals surface area contributed by atoms with Crippen molar-refractivity contribution >= 4 is 6.09 Å². The van der Waals surface area contributed by atoms with Gasteiger partial charge in [-0.05, 0) is 141 Å². The third-order valence-corrected chi connectivity index (χ3v) is 18.5. The number of hydrogen-bond acceptors (Lipinski definition) is 7. The van der Waals surface area contributed by atoms with Gasteiger partial charge < -0.3 is 23.8 Å². The molecule has 4 heterocycles. The van der Waals surface area contributed by atoms with Crippen molar-refractivity contribution in [3.05, 3.63) is 0 Å². The maximum Gasteiger partial charge on any atom is 0.410 e. The lowest BCUT2D eigenvalue weighted by Gasteiger charge is -2.60. The Balaban J connectivity index is 0.777. The highest BCUT2D eigenvalue weighted by atomic mass is 16.7. The molecular weight excluding hydrogens is 651 g/mol. The molecule has 292 valence electrons. The molecule has 0 aromatic rings. The molecule has 8 nitrogen and oxygen atoms in total. The van der Waals surface area contributed by atoms with Gasteiger partial charge in [-0.25, -0.2) is 4.79 Å². The number of morpholine rings is 1. The molecule has 0 N–H and O–H groups in total. The summed E-state index contributed by atoms with van der Waals surface area (Å²) in [5, 5.41) is 0. The number of rotatable bonds is 8. The summed E-state index contributed by atoms with van der Waals surface area (Å²) < 4.78 is 26.7. The summed E-state index contributed by atoms with van der Waals surface area (Å²) in [5.41, 5.74) is 1.62. The molecule has 0 aromatic carbocycles. The van der Waals surface area contributed by atoms with Gasteiger partial charge in [0.1, 0.15) is 6.10 Å². The molecule has 10 rings (SSSR count). The van der Waals surface area contributed by atoms with Crippen LogP contribution in [0.3, 0.4) is 0 Å². The molecule has 10 fully saturated rings. The van der Waals surface area contributed by atoms with E-state index in [9.17, 15) is 4.79 Å². The second kappa shape index (κ2) is 12.8. The van der Waals surface area contributed by atoms with Gasteiger partial charge in [-0.1, -0.05) is 41.0 Å². The highest BCUT2D eigenvalue weighted by molar-refractivity contribution is 5.68. The summed E-state index contributed by atoms with van der Waals surface area (Å²) in [4.78, 5) is 20.1. The van der Waals surface area contributed by atoms with E-state index in [1.807, 2.05) is 4.90 Å². The van der Waals surface area contributed by atoms with Crippen LogP contribution in [-0.4, -0.2) is 110 Å². The zero-order valence-electron chi connectivity index (χ0n) is 33.4. The minimum Gasteiger partial charge on any atom is -0.443 e. The summed E-state index contributed by atoms with van der Waals surface area (Å²) in [6.45, 7) is 20.5.